The summed E-state index contributed by atoms with van der Waals surface area (Å²) in [5.74, 6) is 0.602. The van der Waals surface area contributed by atoms with Crippen LogP contribution in [0.5, 0.6) is 0 Å². The molecule has 78 valence electrons. The standard InChI is InChI=1S/C10H9ClN2OS/c1-5-8(9-7(11)3-4-15-9)12-6(2)13-10(5)14/h3-4H,1-2H3,(H,12,13,14). The Kier molecular flexibility index (Phi) is 2.63. The summed E-state index contributed by atoms with van der Waals surface area (Å²) in [5.41, 5.74) is 1.17. The van der Waals surface area contributed by atoms with Gasteiger partial charge in [-0.25, -0.2) is 4.98 Å². The van der Waals surface area contributed by atoms with E-state index < -0.39 is 0 Å². The molecule has 0 amide bonds. The maximum absolute atomic E-state index is 11.5. The number of H-pyrrole nitrogens is 1. The van der Waals surface area contributed by atoms with Crippen molar-refractivity contribution in [3.63, 3.8) is 0 Å². The number of hydrogen-bond acceptors (Lipinski definition) is 3. The Morgan fingerprint density at radius 3 is 2.80 bits per heavy atom. The van der Waals surface area contributed by atoms with Crippen molar-refractivity contribution in [2.45, 2.75) is 13.8 Å². The number of aromatic nitrogens is 2. The Morgan fingerprint density at radius 2 is 2.20 bits per heavy atom. The van der Waals surface area contributed by atoms with Gasteiger partial charge in [0.05, 0.1) is 15.6 Å². The minimum atomic E-state index is -0.109. The maximum atomic E-state index is 11.5. The van der Waals surface area contributed by atoms with Gasteiger partial charge in [0.15, 0.2) is 0 Å². The Balaban J connectivity index is 2.73. The van der Waals surface area contributed by atoms with E-state index in [-0.39, 0.29) is 5.56 Å². The fourth-order valence-corrected chi connectivity index (χ4v) is 2.52. The molecule has 0 atom stereocenters. The van der Waals surface area contributed by atoms with Gasteiger partial charge in [0, 0.05) is 5.56 Å². The van der Waals surface area contributed by atoms with Crippen LogP contribution in [-0.4, -0.2) is 9.97 Å². The Hall–Kier alpha value is -1.13. The quantitative estimate of drug-likeness (QED) is 0.833. The number of nitrogens with zero attached hydrogens (tertiary/aromatic N) is 1. The number of hydrogen-bond donors (Lipinski definition) is 1. The molecule has 0 radical (unpaired) electrons. The van der Waals surface area contributed by atoms with Crippen LogP contribution in [-0.2, 0) is 0 Å². The van der Waals surface area contributed by atoms with E-state index in [0.717, 1.165) is 4.88 Å². The van der Waals surface area contributed by atoms with Crippen LogP contribution in [0.15, 0.2) is 16.2 Å². The van der Waals surface area contributed by atoms with Crippen LogP contribution in [0.3, 0.4) is 0 Å². The Bertz CT molecular complexity index is 559. The summed E-state index contributed by atoms with van der Waals surface area (Å²) in [6, 6.07) is 1.80. The SMILES string of the molecule is Cc1nc(-c2sccc2Cl)c(C)c(=O)[nH]1. The average Bonchev–Trinajstić information content (AvgIpc) is 2.58. The summed E-state index contributed by atoms with van der Waals surface area (Å²) in [6.07, 6.45) is 0. The summed E-state index contributed by atoms with van der Waals surface area (Å²) in [5, 5.41) is 2.52. The lowest BCUT2D eigenvalue weighted by Gasteiger charge is -2.03. The fourth-order valence-electron chi connectivity index (χ4n) is 1.33. The van der Waals surface area contributed by atoms with E-state index in [4.69, 9.17) is 11.6 Å². The van der Waals surface area contributed by atoms with Crippen LogP contribution in [0.2, 0.25) is 5.02 Å². The summed E-state index contributed by atoms with van der Waals surface area (Å²) >= 11 is 7.50. The van der Waals surface area contributed by atoms with Crippen molar-refractivity contribution in [1.82, 2.24) is 9.97 Å². The molecule has 2 aromatic heterocycles. The zero-order valence-corrected chi connectivity index (χ0v) is 9.87. The van der Waals surface area contributed by atoms with E-state index in [1.807, 2.05) is 5.38 Å². The van der Waals surface area contributed by atoms with Gasteiger partial charge in [0.1, 0.15) is 5.82 Å². The number of aromatic amines is 1. The Morgan fingerprint density at radius 1 is 1.47 bits per heavy atom. The molecule has 15 heavy (non-hydrogen) atoms. The number of nitrogens with one attached hydrogen (secondary N) is 1. The van der Waals surface area contributed by atoms with E-state index in [1.54, 1.807) is 19.9 Å². The highest BCUT2D eigenvalue weighted by Gasteiger charge is 2.12. The number of aryl methyl sites for hydroxylation is 1. The van der Waals surface area contributed by atoms with E-state index in [0.29, 0.717) is 22.1 Å². The normalized spacial score (nSPS) is 10.6. The smallest absolute Gasteiger partial charge is 0.254 e. The summed E-state index contributed by atoms with van der Waals surface area (Å²) in [6.45, 7) is 3.50. The van der Waals surface area contributed by atoms with Gasteiger partial charge >= 0.3 is 0 Å². The molecule has 0 spiro atoms. The summed E-state index contributed by atoms with van der Waals surface area (Å²) in [7, 11) is 0. The van der Waals surface area contributed by atoms with Gasteiger partial charge < -0.3 is 4.98 Å². The molecule has 3 nitrogen and oxygen atoms in total. The molecule has 2 aromatic rings. The zero-order valence-electron chi connectivity index (χ0n) is 8.30. The van der Waals surface area contributed by atoms with E-state index in [2.05, 4.69) is 9.97 Å². The van der Waals surface area contributed by atoms with Crippen molar-refractivity contribution in [1.29, 1.82) is 0 Å². The number of thiophene rings is 1. The highest BCUT2D eigenvalue weighted by atomic mass is 35.5. The molecule has 0 unspecified atom stereocenters. The Labute approximate surface area is 95.8 Å². The molecular formula is C10H9ClN2OS. The predicted molar refractivity (Wildman–Crippen MR) is 62.7 cm³/mol. The van der Waals surface area contributed by atoms with Crippen LogP contribution in [0, 0.1) is 13.8 Å². The lowest BCUT2D eigenvalue weighted by molar-refractivity contribution is 1.00. The average molecular weight is 241 g/mol. The molecule has 0 aliphatic rings. The van der Waals surface area contributed by atoms with Crippen molar-refractivity contribution in [3.8, 4) is 10.6 Å². The summed E-state index contributed by atoms with van der Waals surface area (Å²) < 4.78 is 0. The molecule has 0 saturated carbocycles. The van der Waals surface area contributed by atoms with Crippen molar-refractivity contribution >= 4 is 22.9 Å². The first kappa shape index (κ1) is 10.4. The van der Waals surface area contributed by atoms with Crippen molar-refractivity contribution < 1.29 is 0 Å². The zero-order chi connectivity index (χ0) is 11.0. The van der Waals surface area contributed by atoms with Gasteiger partial charge in [-0.15, -0.1) is 11.3 Å². The number of halogens is 1. The first-order valence-corrected chi connectivity index (χ1v) is 5.66. The van der Waals surface area contributed by atoms with E-state index in [9.17, 15) is 4.79 Å². The molecule has 5 heteroatoms. The third kappa shape index (κ3) is 1.82. The van der Waals surface area contributed by atoms with Crippen LogP contribution >= 0.6 is 22.9 Å². The van der Waals surface area contributed by atoms with E-state index >= 15 is 0 Å². The summed E-state index contributed by atoms with van der Waals surface area (Å²) in [4.78, 5) is 19.3. The third-order valence-electron chi connectivity index (χ3n) is 2.10. The second-order valence-corrected chi connectivity index (χ2v) is 4.55. The van der Waals surface area contributed by atoms with Gasteiger partial charge in [0.25, 0.3) is 5.56 Å². The maximum Gasteiger partial charge on any atom is 0.254 e. The molecule has 0 aliphatic carbocycles. The molecule has 2 heterocycles. The fraction of sp³-hybridized carbons (Fsp3) is 0.200. The first-order valence-electron chi connectivity index (χ1n) is 4.40. The van der Waals surface area contributed by atoms with Crippen LogP contribution in [0.4, 0.5) is 0 Å². The highest BCUT2D eigenvalue weighted by Crippen LogP contribution is 2.32. The molecular weight excluding hydrogens is 232 g/mol. The van der Waals surface area contributed by atoms with Crippen molar-refractivity contribution in [3.05, 3.63) is 38.2 Å². The van der Waals surface area contributed by atoms with Crippen LogP contribution in [0.25, 0.3) is 10.6 Å². The number of rotatable bonds is 1. The van der Waals surface area contributed by atoms with Gasteiger partial charge in [-0.2, -0.15) is 0 Å². The van der Waals surface area contributed by atoms with Crippen LogP contribution in [0.1, 0.15) is 11.4 Å². The molecule has 0 saturated heterocycles. The van der Waals surface area contributed by atoms with E-state index in [1.165, 1.54) is 11.3 Å². The highest BCUT2D eigenvalue weighted by molar-refractivity contribution is 7.14. The minimum Gasteiger partial charge on any atom is -0.311 e. The minimum absolute atomic E-state index is 0.109. The van der Waals surface area contributed by atoms with Crippen LogP contribution < -0.4 is 5.56 Å². The van der Waals surface area contributed by atoms with Gasteiger partial charge in [-0.3, -0.25) is 4.79 Å². The van der Waals surface area contributed by atoms with Gasteiger partial charge in [0.2, 0.25) is 0 Å². The molecule has 0 bridgehead atoms. The topological polar surface area (TPSA) is 45.8 Å². The van der Waals surface area contributed by atoms with Gasteiger partial charge in [-0.05, 0) is 25.3 Å². The predicted octanol–water partition coefficient (Wildman–Crippen LogP) is 2.77. The second-order valence-electron chi connectivity index (χ2n) is 3.22. The molecule has 1 N–H and O–H groups in total. The molecule has 2 rings (SSSR count). The molecule has 0 aromatic carbocycles. The van der Waals surface area contributed by atoms with Crippen molar-refractivity contribution in [2.75, 3.05) is 0 Å². The first-order chi connectivity index (χ1) is 7.09. The largest absolute Gasteiger partial charge is 0.311 e. The lowest BCUT2D eigenvalue weighted by atomic mass is 10.2. The second kappa shape index (κ2) is 3.79. The monoisotopic (exact) mass is 240 g/mol. The lowest BCUT2D eigenvalue weighted by Crippen LogP contribution is -2.14. The van der Waals surface area contributed by atoms with Gasteiger partial charge in [-0.1, -0.05) is 11.6 Å². The van der Waals surface area contributed by atoms with Crippen molar-refractivity contribution in [2.24, 2.45) is 0 Å². The third-order valence-corrected chi connectivity index (χ3v) is 3.45. The molecule has 0 fully saturated rings. The molecule has 0 aliphatic heterocycles.